The van der Waals surface area contributed by atoms with Crippen molar-refractivity contribution in [2.75, 3.05) is 46.2 Å². The number of aliphatic hydroxyl groups excluding tert-OH is 20. The molecule has 0 aromatic heterocycles. The molecular formula is C60H81NO35. The third-order valence-corrected chi connectivity index (χ3v) is 19.1. The van der Waals surface area contributed by atoms with Crippen molar-refractivity contribution in [1.82, 2.24) is 5.32 Å². The van der Waals surface area contributed by atoms with Crippen molar-refractivity contribution in [2.24, 2.45) is 0 Å². The molecule has 0 unspecified atom stereocenters. The van der Waals surface area contributed by atoms with E-state index in [1.54, 1.807) is 6.07 Å². The minimum absolute atomic E-state index is 0.238. The highest BCUT2D eigenvalue weighted by atomic mass is 16.8. The van der Waals surface area contributed by atoms with Gasteiger partial charge in [0.25, 0.3) is 0 Å². The summed E-state index contributed by atoms with van der Waals surface area (Å²) >= 11 is 0. The van der Waals surface area contributed by atoms with Gasteiger partial charge in [0.15, 0.2) is 44.0 Å². The van der Waals surface area contributed by atoms with E-state index in [0.717, 1.165) is 32.3 Å². The smallest absolute Gasteiger partial charge is 0.224 e. The molecule has 21 aliphatic heterocycles. The largest absolute Gasteiger partial charge is 0.394 e. The van der Waals surface area contributed by atoms with Crippen LogP contribution in [-0.2, 0) is 77.5 Å². The first kappa shape index (κ1) is 71.8. The van der Waals surface area contributed by atoms with Gasteiger partial charge in [0.2, 0.25) is 5.91 Å². The Labute approximate surface area is 543 Å². The zero-order valence-electron chi connectivity index (χ0n) is 50.6. The van der Waals surface area contributed by atoms with Crippen LogP contribution in [-0.4, -0.2) is 369 Å². The highest BCUT2D eigenvalue weighted by molar-refractivity contribution is 6.23. The van der Waals surface area contributed by atoms with Crippen LogP contribution in [0.1, 0.15) is 5.56 Å². The third kappa shape index (κ3) is 13.5. The number of benzene rings is 4. The summed E-state index contributed by atoms with van der Waals surface area (Å²) in [4.78, 5) is 14.1. The maximum atomic E-state index is 14.1. The van der Waals surface area contributed by atoms with E-state index >= 15 is 0 Å². The van der Waals surface area contributed by atoms with Crippen LogP contribution in [0.2, 0.25) is 0 Å². The Hall–Kier alpha value is -3.97. The van der Waals surface area contributed by atoms with Gasteiger partial charge in [-0.25, -0.2) is 0 Å². The molecule has 21 N–H and O–H groups in total. The van der Waals surface area contributed by atoms with Gasteiger partial charge in [-0.3, -0.25) is 4.79 Å². The Morgan fingerprint density at radius 1 is 0.292 bits per heavy atom. The zero-order chi connectivity index (χ0) is 68.5. The average molecular weight is 1380 g/mol. The number of hydrogen-bond acceptors (Lipinski definition) is 35. The minimum Gasteiger partial charge on any atom is -0.394 e. The van der Waals surface area contributed by atoms with Crippen molar-refractivity contribution in [3.05, 3.63) is 60.2 Å². The molecular weight excluding hydrogens is 1290 g/mol. The summed E-state index contributed by atoms with van der Waals surface area (Å²) < 4.78 is 81.9. The molecule has 21 fully saturated rings. The van der Waals surface area contributed by atoms with Crippen LogP contribution in [0.4, 0.5) is 0 Å². The fraction of sp³-hybridized carbons (Fsp3) is 0.717. The molecule has 25 rings (SSSR count). The fourth-order valence-electron chi connectivity index (χ4n) is 13.8. The molecule has 4 aromatic carbocycles. The lowest BCUT2D eigenvalue weighted by Crippen LogP contribution is -2.68. The number of carbonyl (C=O) groups is 1. The van der Waals surface area contributed by atoms with Crippen molar-refractivity contribution in [1.29, 1.82) is 0 Å². The van der Waals surface area contributed by atoms with Gasteiger partial charge in [0.1, 0.15) is 171 Å². The van der Waals surface area contributed by atoms with E-state index in [1.165, 1.54) is 0 Å². The van der Waals surface area contributed by atoms with Crippen LogP contribution >= 0.6 is 0 Å². The van der Waals surface area contributed by atoms with E-state index in [-0.39, 0.29) is 6.42 Å². The van der Waals surface area contributed by atoms with Crippen LogP contribution in [0.15, 0.2) is 54.6 Å². The molecule has 0 aliphatic carbocycles. The Morgan fingerprint density at radius 2 is 0.531 bits per heavy atom. The average Bonchev–Trinajstić information content (AvgIpc) is 0.754. The van der Waals surface area contributed by atoms with E-state index in [2.05, 4.69) is 5.32 Å². The van der Waals surface area contributed by atoms with Gasteiger partial charge in [0, 0.05) is 6.54 Å². The lowest BCUT2D eigenvalue weighted by Gasteiger charge is -2.50. The topological polar surface area (TPSA) is 563 Å². The number of hydrogen-bond donors (Lipinski definition) is 21. The van der Waals surface area contributed by atoms with Crippen LogP contribution in [0.5, 0.6) is 0 Å². The second-order valence-electron chi connectivity index (χ2n) is 25.0. The second-order valence-corrected chi connectivity index (χ2v) is 25.0. The highest BCUT2D eigenvalue weighted by Gasteiger charge is 2.60. The maximum Gasteiger partial charge on any atom is 0.224 e. The van der Waals surface area contributed by atoms with Gasteiger partial charge in [-0.15, -0.1) is 0 Å². The Bertz CT molecular complexity index is 3180. The molecule has 21 aliphatic rings. The van der Waals surface area contributed by atoms with Gasteiger partial charge in [-0.2, -0.15) is 0 Å². The molecule has 0 saturated carbocycles. The van der Waals surface area contributed by atoms with Crippen molar-refractivity contribution >= 4 is 38.2 Å². The number of ether oxygens (including phenoxy) is 14. The summed E-state index contributed by atoms with van der Waals surface area (Å²) in [6, 6.07) is 17.3. The zero-order valence-corrected chi connectivity index (χ0v) is 50.6. The number of aliphatic hydroxyl groups is 20. The summed E-state index contributed by atoms with van der Waals surface area (Å²) in [6.07, 6.45) is -71.7. The Morgan fingerprint density at radius 3 is 0.812 bits per heavy atom. The first-order valence-electron chi connectivity index (χ1n) is 31.3. The van der Waals surface area contributed by atoms with Gasteiger partial charge in [-0.1, -0.05) is 54.6 Å². The molecule has 96 heavy (non-hydrogen) atoms. The molecule has 0 radical (unpaired) electrons. The number of amides is 1. The third-order valence-electron chi connectivity index (χ3n) is 19.1. The second kappa shape index (κ2) is 29.9. The number of nitrogens with one attached hydrogen (secondary N) is 1. The summed E-state index contributed by atoms with van der Waals surface area (Å²) in [7, 11) is 0. The first-order valence-corrected chi connectivity index (χ1v) is 31.3. The lowest BCUT2D eigenvalue weighted by molar-refractivity contribution is -0.396. The van der Waals surface area contributed by atoms with Crippen LogP contribution in [0, 0.1) is 0 Å². The molecule has 35 atom stereocenters. The molecule has 0 spiro atoms. The molecule has 4 aromatic rings. The quantitative estimate of drug-likeness (QED) is 0.0656. The molecule has 1 amide bonds. The molecule has 36 nitrogen and oxygen atoms in total. The molecule has 536 valence electrons. The molecule has 36 heteroatoms. The SMILES string of the molecule is O=C(Cc1ccc2ccc3cccc4ccc1c2c34)NC[C@H]1O[C@@H]2O[C@H]3[C@H](O)[C@@H](O)[C@@H](O[C@H]4[C@H](O)[C@@H](O)[C@@H](O[C@H]5[C@H](O)[C@@H](O)[C@@H](O[C@H]6[C@H](O)[C@@H](O)[C@@H](O[C@H]7[C@H](O)[C@@H](O)[C@@H](O[C@H]8[C@H](O)[C@@H](O)[C@@H](O[C@H]1[C@H](O)[C@H]2O)O[C@@H]8CO)O[C@@H]7CO)O[C@@H]6CO)O[C@@H]5CO)O[C@@H]4CO)O[C@@H]3CO. The van der Waals surface area contributed by atoms with Crippen molar-refractivity contribution in [2.45, 2.75) is 221 Å². The standard InChI is InChI=1S/C60H81NO35/c62-12-24-48-35(71)42(78)56(85-24)93-50-26(14-64)87-58(44(80)37(50)73)95-52-28(16-66)89-60(46(82)39(52)75)96-53-29(17-67)88-59(45(81)38(53)74)94-51-27(15-65)86-57(43(79)36(51)72)92-49-25(13-63)84-55(41(77)34(49)70)90-47-23(83-54(91-48)40(76)33(47)69)11-61-30(68)10-21-7-6-20-5-4-18-2-1-3-19-8-9-22(21)32(20)31(18)19/h1-9,23-29,33-60,62-67,69-82H,10-17H2,(H,61,68)/t23-,24-,25-,26-,27-,28-,29-,33-,34-,35-,36-,37-,38-,39-,40-,41-,42-,43-,44-,45-,46-,47-,48-,49-,50-,51-,52-,53-,54-,55-,56-,57-,58-,59-,60-/m1/s1. The summed E-state index contributed by atoms with van der Waals surface area (Å²) in [5.41, 5.74) is 0.601. The highest BCUT2D eigenvalue weighted by Crippen LogP contribution is 2.41. The first-order chi connectivity index (χ1) is 46.0. The molecule has 21 heterocycles. The predicted octanol–water partition coefficient (Wildman–Crippen LogP) is -11.0. The summed E-state index contributed by atoms with van der Waals surface area (Å²) in [5, 5.41) is 234. The van der Waals surface area contributed by atoms with Crippen LogP contribution in [0.3, 0.4) is 0 Å². The minimum atomic E-state index is -2.27. The normalized spacial score (nSPS) is 46.9. The van der Waals surface area contributed by atoms with Crippen LogP contribution < -0.4 is 5.32 Å². The van der Waals surface area contributed by atoms with Gasteiger partial charge in [-0.05, 0) is 37.9 Å². The van der Waals surface area contributed by atoms with Crippen LogP contribution in [0.25, 0.3) is 32.3 Å². The van der Waals surface area contributed by atoms with Gasteiger partial charge in [0.05, 0.1) is 46.1 Å². The Balaban J connectivity index is 0.836. The van der Waals surface area contributed by atoms with E-state index in [0.29, 0.717) is 5.56 Å². The summed E-state index contributed by atoms with van der Waals surface area (Å²) in [6.45, 7) is -7.02. The van der Waals surface area contributed by atoms with Crippen molar-refractivity contribution in [3.8, 4) is 0 Å². The molecule has 21 saturated heterocycles. The number of carbonyl (C=O) groups excluding carboxylic acids is 1. The predicted molar refractivity (Wildman–Crippen MR) is 308 cm³/mol. The number of rotatable bonds is 10. The van der Waals surface area contributed by atoms with E-state index in [9.17, 15) is 107 Å². The lowest BCUT2D eigenvalue weighted by atomic mass is 9.91. The van der Waals surface area contributed by atoms with E-state index in [1.807, 2.05) is 48.5 Å². The van der Waals surface area contributed by atoms with Crippen molar-refractivity contribution < 1.29 is 173 Å². The molecule has 14 bridgehead atoms. The van der Waals surface area contributed by atoms with Gasteiger partial charge < -0.3 is 174 Å². The summed E-state index contributed by atoms with van der Waals surface area (Å²) in [5.74, 6) is -0.625. The van der Waals surface area contributed by atoms with E-state index in [4.69, 9.17) is 66.3 Å². The van der Waals surface area contributed by atoms with Gasteiger partial charge >= 0.3 is 0 Å². The maximum absolute atomic E-state index is 14.1. The monoisotopic (exact) mass is 1380 g/mol. The Kier molecular flexibility index (Phi) is 22.4. The fourth-order valence-corrected chi connectivity index (χ4v) is 13.8. The van der Waals surface area contributed by atoms with Crippen molar-refractivity contribution in [3.63, 3.8) is 0 Å². The van der Waals surface area contributed by atoms with E-state index < -0.39 is 267 Å².